The molecule has 0 spiro atoms. The number of benzene rings is 1. The molecule has 19 heavy (non-hydrogen) atoms. The molecule has 1 aromatic carbocycles. The summed E-state index contributed by atoms with van der Waals surface area (Å²) in [5.74, 6) is -0.0191. The Labute approximate surface area is 115 Å². The zero-order valence-corrected chi connectivity index (χ0v) is 12.3. The highest BCUT2D eigenvalue weighted by Gasteiger charge is 2.07. The van der Waals surface area contributed by atoms with Crippen LogP contribution in [-0.2, 0) is 6.54 Å². The van der Waals surface area contributed by atoms with Gasteiger partial charge in [0, 0.05) is 12.1 Å². The van der Waals surface area contributed by atoms with Crippen molar-refractivity contribution in [3.8, 4) is 5.75 Å². The third-order valence-electron chi connectivity index (χ3n) is 2.73. The van der Waals surface area contributed by atoms with Gasteiger partial charge >= 0.3 is 0 Å². The summed E-state index contributed by atoms with van der Waals surface area (Å²) in [6.45, 7) is 9.12. The molecule has 2 N–H and O–H groups in total. The average Bonchev–Trinajstić information content (AvgIpc) is 2.34. The predicted molar refractivity (Wildman–Crippen MR) is 77.0 cm³/mol. The first-order valence-corrected chi connectivity index (χ1v) is 6.70. The third-order valence-corrected chi connectivity index (χ3v) is 2.73. The van der Waals surface area contributed by atoms with Gasteiger partial charge in [0.25, 0.3) is 0 Å². The number of rotatable bonds is 7. The van der Waals surface area contributed by atoms with Crippen molar-refractivity contribution in [3.05, 3.63) is 29.6 Å². The lowest BCUT2D eigenvalue weighted by atomic mass is 10.1. The summed E-state index contributed by atoms with van der Waals surface area (Å²) in [7, 11) is 1.48. The molecule has 1 aromatic rings. The van der Waals surface area contributed by atoms with Crippen LogP contribution in [0, 0.1) is 5.82 Å². The minimum Gasteiger partial charge on any atom is -0.494 e. The Morgan fingerprint density at radius 3 is 2.58 bits per heavy atom. The fraction of sp³-hybridized carbons (Fsp3) is 0.600. The minimum atomic E-state index is -0.319. The molecule has 4 heteroatoms. The normalized spacial score (nSPS) is 11.6. The maximum absolute atomic E-state index is 13.2. The molecule has 0 aliphatic carbocycles. The highest BCUT2D eigenvalue weighted by Crippen LogP contribution is 2.17. The predicted octanol–water partition coefficient (Wildman–Crippen LogP) is 2.70. The summed E-state index contributed by atoms with van der Waals surface area (Å²) in [6.07, 6.45) is 1.07. The zero-order chi connectivity index (χ0) is 14.3. The van der Waals surface area contributed by atoms with Crippen molar-refractivity contribution in [1.29, 1.82) is 0 Å². The van der Waals surface area contributed by atoms with Crippen LogP contribution < -0.4 is 15.4 Å². The lowest BCUT2D eigenvalue weighted by Gasteiger charge is -2.20. The molecule has 0 aliphatic heterocycles. The molecule has 0 fully saturated rings. The summed E-state index contributed by atoms with van der Waals surface area (Å²) >= 11 is 0. The van der Waals surface area contributed by atoms with Gasteiger partial charge in [-0.2, -0.15) is 0 Å². The van der Waals surface area contributed by atoms with Crippen molar-refractivity contribution < 1.29 is 9.13 Å². The van der Waals surface area contributed by atoms with Crippen LogP contribution in [0.3, 0.4) is 0 Å². The van der Waals surface area contributed by atoms with Gasteiger partial charge in [0.05, 0.1) is 7.11 Å². The number of methoxy groups -OCH3 is 1. The van der Waals surface area contributed by atoms with Crippen LogP contribution >= 0.6 is 0 Å². The van der Waals surface area contributed by atoms with Crippen LogP contribution in [0.15, 0.2) is 18.2 Å². The van der Waals surface area contributed by atoms with E-state index in [4.69, 9.17) is 4.74 Å². The molecular formula is C15H25FN2O. The topological polar surface area (TPSA) is 33.3 Å². The van der Waals surface area contributed by atoms with Crippen LogP contribution in [-0.4, -0.2) is 25.7 Å². The van der Waals surface area contributed by atoms with Crippen molar-refractivity contribution >= 4 is 0 Å². The largest absolute Gasteiger partial charge is 0.494 e. The highest BCUT2D eigenvalue weighted by atomic mass is 19.1. The van der Waals surface area contributed by atoms with Crippen molar-refractivity contribution in [2.45, 2.75) is 39.3 Å². The lowest BCUT2D eigenvalue weighted by molar-refractivity contribution is 0.385. The molecule has 0 atom stereocenters. The number of hydrogen-bond acceptors (Lipinski definition) is 3. The molecule has 0 saturated heterocycles. The smallest absolute Gasteiger partial charge is 0.165 e. The van der Waals surface area contributed by atoms with Crippen molar-refractivity contribution in [2.24, 2.45) is 0 Å². The van der Waals surface area contributed by atoms with E-state index in [0.29, 0.717) is 5.75 Å². The standard InChI is InChI=1S/C15H25FN2O/c1-15(2,3)18-9-5-8-17-11-12-6-7-13(16)14(10-12)19-4/h6-7,10,17-18H,5,8-9,11H2,1-4H3. The first kappa shape index (κ1) is 15.9. The third kappa shape index (κ3) is 6.55. The molecule has 0 amide bonds. The molecule has 0 unspecified atom stereocenters. The van der Waals surface area contributed by atoms with Crippen molar-refractivity contribution in [3.63, 3.8) is 0 Å². The van der Waals surface area contributed by atoms with Crippen LogP contribution in [0.4, 0.5) is 4.39 Å². The van der Waals surface area contributed by atoms with E-state index < -0.39 is 0 Å². The molecule has 0 saturated carbocycles. The second-order valence-electron chi connectivity index (χ2n) is 5.68. The fourth-order valence-electron chi connectivity index (χ4n) is 1.72. The average molecular weight is 268 g/mol. The Kier molecular flexibility index (Phi) is 6.25. The number of ether oxygens (including phenoxy) is 1. The molecular weight excluding hydrogens is 243 g/mol. The number of hydrogen-bond donors (Lipinski definition) is 2. The van der Waals surface area contributed by atoms with Crippen LogP contribution in [0.1, 0.15) is 32.8 Å². The Bertz CT molecular complexity index is 388. The van der Waals surface area contributed by atoms with Gasteiger partial charge in [-0.05, 0) is 58.0 Å². The maximum atomic E-state index is 13.2. The van der Waals surface area contributed by atoms with E-state index in [1.165, 1.54) is 13.2 Å². The molecule has 0 heterocycles. The van der Waals surface area contributed by atoms with E-state index in [-0.39, 0.29) is 11.4 Å². The molecule has 3 nitrogen and oxygen atoms in total. The van der Waals surface area contributed by atoms with Gasteiger partial charge in [-0.25, -0.2) is 4.39 Å². The van der Waals surface area contributed by atoms with Crippen LogP contribution in [0.25, 0.3) is 0 Å². The van der Waals surface area contributed by atoms with E-state index in [2.05, 4.69) is 31.4 Å². The molecule has 1 rings (SSSR count). The second kappa shape index (κ2) is 7.46. The van der Waals surface area contributed by atoms with Gasteiger partial charge in [-0.1, -0.05) is 6.07 Å². The quantitative estimate of drug-likeness (QED) is 0.746. The van der Waals surface area contributed by atoms with Crippen molar-refractivity contribution in [2.75, 3.05) is 20.2 Å². The molecule has 0 aromatic heterocycles. The molecule has 0 aliphatic rings. The Hall–Kier alpha value is -1.13. The van der Waals surface area contributed by atoms with Gasteiger partial charge in [-0.3, -0.25) is 0 Å². The van der Waals surface area contributed by atoms with Crippen LogP contribution in [0.5, 0.6) is 5.75 Å². The second-order valence-corrected chi connectivity index (χ2v) is 5.68. The Morgan fingerprint density at radius 1 is 1.21 bits per heavy atom. The molecule has 0 radical (unpaired) electrons. The molecule has 0 bridgehead atoms. The SMILES string of the molecule is COc1cc(CNCCCNC(C)(C)C)ccc1F. The van der Waals surface area contributed by atoms with E-state index in [1.54, 1.807) is 12.1 Å². The highest BCUT2D eigenvalue weighted by molar-refractivity contribution is 5.30. The number of halogens is 1. The van der Waals surface area contributed by atoms with Crippen molar-refractivity contribution in [1.82, 2.24) is 10.6 Å². The summed E-state index contributed by atoms with van der Waals surface area (Å²) in [5, 5.41) is 6.78. The summed E-state index contributed by atoms with van der Waals surface area (Å²) in [5.41, 5.74) is 1.20. The van der Waals surface area contributed by atoms with Gasteiger partial charge in [0.1, 0.15) is 0 Å². The summed E-state index contributed by atoms with van der Waals surface area (Å²) < 4.78 is 18.2. The first-order chi connectivity index (χ1) is 8.92. The van der Waals surface area contributed by atoms with Gasteiger partial charge < -0.3 is 15.4 Å². The fourth-order valence-corrected chi connectivity index (χ4v) is 1.72. The Morgan fingerprint density at radius 2 is 1.95 bits per heavy atom. The summed E-state index contributed by atoms with van der Waals surface area (Å²) in [4.78, 5) is 0. The summed E-state index contributed by atoms with van der Waals surface area (Å²) in [6, 6.07) is 4.95. The maximum Gasteiger partial charge on any atom is 0.165 e. The van der Waals surface area contributed by atoms with Gasteiger partial charge in [-0.15, -0.1) is 0 Å². The van der Waals surface area contributed by atoms with E-state index >= 15 is 0 Å². The van der Waals surface area contributed by atoms with Gasteiger partial charge in [0.2, 0.25) is 0 Å². The lowest BCUT2D eigenvalue weighted by Crippen LogP contribution is -2.37. The zero-order valence-electron chi connectivity index (χ0n) is 12.3. The van der Waals surface area contributed by atoms with E-state index in [9.17, 15) is 4.39 Å². The van der Waals surface area contributed by atoms with E-state index in [1.807, 2.05) is 0 Å². The van der Waals surface area contributed by atoms with Crippen LogP contribution in [0.2, 0.25) is 0 Å². The molecule has 108 valence electrons. The Balaban J connectivity index is 2.23. The van der Waals surface area contributed by atoms with E-state index in [0.717, 1.165) is 31.6 Å². The minimum absolute atomic E-state index is 0.171. The van der Waals surface area contributed by atoms with Gasteiger partial charge in [0.15, 0.2) is 11.6 Å². The number of nitrogens with one attached hydrogen (secondary N) is 2. The first-order valence-electron chi connectivity index (χ1n) is 6.70. The monoisotopic (exact) mass is 268 g/mol.